The van der Waals surface area contributed by atoms with Crippen LogP contribution >= 0.6 is 34.9 Å². The predicted octanol–water partition coefficient (Wildman–Crippen LogP) is 8.96. The molecule has 2 aliphatic carbocycles. The molecule has 0 nitrogen and oxygen atoms in total. The van der Waals surface area contributed by atoms with Gasteiger partial charge >= 0.3 is 52.1 Å². The maximum Gasteiger partial charge on any atom is 2.00 e. The van der Waals surface area contributed by atoms with E-state index in [1.165, 1.54) is 38.5 Å². The van der Waals surface area contributed by atoms with Crippen molar-refractivity contribution in [3.8, 4) is 0 Å². The Labute approximate surface area is 218 Å². The molecule has 2 aliphatic heterocycles. The Bertz CT molecular complexity index is 375. The van der Waals surface area contributed by atoms with Crippen LogP contribution < -0.4 is 0 Å². The molecule has 2 heterocycles. The van der Waals surface area contributed by atoms with Gasteiger partial charge in [-0.05, 0) is 113 Å². The van der Waals surface area contributed by atoms with Gasteiger partial charge in [-0.3, -0.25) is 0 Å². The average Bonchev–Trinajstić information content (AvgIpc) is 3.37. The van der Waals surface area contributed by atoms with Gasteiger partial charge in [0.15, 0.2) is 0 Å². The molecule has 0 amide bonds. The maximum absolute atomic E-state index is 4.81. The smallest absolute Gasteiger partial charge is 2.00 e. The standard InChI is InChI=1S/2C12H18P.2ClH.Fe.Pd/c2*1-3-10-9-11(4-2)13(10)12-7-5-6-8-12;;;;/h2*5-8,10-11H,3-4,9H2,1-2H3;2*1H;;/q;;;;2*+2/p-2/t2*10-,11-;;;;/m11..../s1. The van der Waals surface area contributed by atoms with Gasteiger partial charge in [0.05, 0.1) is 0 Å². The Morgan fingerprint density at radius 3 is 1.10 bits per heavy atom. The van der Waals surface area contributed by atoms with E-state index in [4.69, 9.17) is 19.1 Å². The second-order valence-corrected chi connectivity index (χ2v) is 15.8. The molecule has 0 aromatic carbocycles. The van der Waals surface area contributed by atoms with Crippen molar-refractivity contribution >= 4 is 34.9 Å². The van der Waals surface area contributed by atoms with Gasteiger partial charge in [0, 0.05) is 11.3 Å². The molecule has 6 heteroatoms. The van der Waals surface area contributed by atoms with Crippen LogP contribution in [0.15, 0.2) is 0 Å². The van der Waals surface area contributed by atoms with Crippen LogP contribution in [-0.4, -0.2) is 22.6 Å². The maximum atomic E-state index is 4.81. The van der Waals surface area contributed by atoms with Crippen molar-refractivity contribution in [1.82, 2.24) is 0 Å². The fourth-order valence-corrected chi connectivity index (χ4v) is 11.4. The van der Waals surface area contributed by atoms with E-state index in [1.54, 1.807) is 11.3 Å². The van der Waals surface area contributed by atoms with Crippen LogP contribution in [0.1, 0.15) is 66.2 Å². The summed E-state index contributed by atoms with van der Waals surface area (Å²) in [5.74, 6) is 0. The molecule has 0 bridgehead atoms. The first-order valence-electron chi connectivity index (χ1n) is 11.0. The number of halogens is 2. The Kier molecular flexibility index (Phi) is 17.5. The van der Waals surface area contributed by atoms with Crippen LogP contribution in [0.25, 0.3) is 0 Å². The van der Waals surface area contributed by atoms with E-state index in [-0.39, 0.29) is 48.9 Å². The van der Waals surface area contributed by atoms with E-state index in [0.717, 1.165) is 22.6 Å². The van der Waals surface area contributed by atoms with E-state index in [0.29, 0.717) is 0 Å². The molecule has 10 radical (unpaired) electrons. The minimum Gasteiger partial charge on any atom is 2.00 e. The first-order valence-corrected chi connectivity index (χ1v) is 17.9. The third-order valence-electron chi connectivity index (χ3n) is 6.43. The summed E-state index contributed by atoms with van der Waals surface area (Å²) in [6.07, 6.45) is 26.6. The average molecular weight is 620 g/mol. The Morgan fingerprint density at radius 2 is 0.900 bits per heavy atom. The van der Waals surface area contributed by atoms with Crippen molar-refractivity contribution in [3.63, 3.8) is 0 Å². The van der Waals surface area contributed by atoms with Crippen molar-refractivity contribution in [2.24, 2.45) is 0 Å². The van der Waals surface area contributed by atoms with E-state index in [1.807, 2.05) is 0 Å². The fourth-order valence-electron chi connectivity index (χ4n) is 4.77. The molecule has 4 fully saturated rings. The van der Waals surface area contributed by atoms with Gasteiger partial charge in [-0.25, -0.2) is 0 Å². The third kappa shape index (κ3) is 8.38. The van der Waals surface area contributed by atoms with Crippen LogP contribution in [-0.2, 0) is 33.0 Å². The number of hydrogen-bond donors (Lipinski definition) is 0. The van der Waals surface area contributed by atoms with Crippen molar-refractivity contribution < 1.29 is 33.0 Å². The van der Waals surface area contributed by atoms with E-state index >= 15 is 0 Å². The molecule has 172 valence electrons. The summed E-state index contributed by atoms with van der Waals surface area (Å²) in [7, 11) is 10.1. The molecule has 0 N–H and O–H groups in total. The molecule has 0 aromatic rings. The normalized spacial score (nSPS) is 32.3. The summed E-state index contributed by atoms with van der Waals surface area (Å²) in [5.41, 5.74) is 7.43. The van der Waals surface area contributed by atoms with E-state index in [2.05, 4.69) is 79.1 Å². The van der Waals surface area contributed by atoms with Gasteiger partial charge in [0.2, 0.25) is 0 Å². The molecule has 0 spiro atoms. The van der Waals surface area contributed by atoms with Crippen molar-refractivity contribution in [2.45, 2.75) is 88.9 Å². The largest absolute Gasteiger partial charge is 2.00 e. The van der Waals surface area contributed by atoms with Crippen LogP contribution in [0.2, 0.25) is 0 Å². The molecule has 2 saturated heterocycles. The summed E-state index contributed by atoms with van der Waals surface area (Å²) < 4.78 is 0. The van der Waals surface area contributed by atoms with Crippen molar-refractivity contribution in [1.29, 1.82) is 0 Å². The molecule has 30 heavy (non-hydrogen) atoms. The SMILES string of the molecule is CC[C@@H]1C[C@@H](CC)P1[C]1[CH][CH][CH][CH]1.CC[C@@H]1C[C@@H](CC)P1[C]1[CH][CH][CH][CH]1.[Cl][Pd][Cl].[Fe+2]. The second kappa shape index (κ2) is 17.1. The summed E-state index contributed by atoms with van der Waals surface area (Å²) >= 11 is -0.106. The number of rotatable bonds is 6. The summed E-state index contributed by atoms with van der Waals surface area (Å²) in [6.45, 7) is 9.37. The van der Waals surface area contributed by atoms with Gasteiger partial charge in [0.1, 0.15) is 0 Å². The zero-order chi connectivity index (χ0) is 21.2. The van der Waals surface area contributed by atoms with Gasteiger partial charge < -0.3 is 0 Å². The van der Waals surface area contributed by atoms with Gasteiger partial charge in [0.25, 0.3) is 0 Å². The van der Waals surface area contributed by atoms with E-state index < -0.39 is 0 Å². The van der Waals surface area contributed by atoms with E-state index in [9.17, 15) is 0 Å². The van der Waals surface area contributed by atoms with Gasteiger partial charge in [-0.2, -0.15) is 0 Å². The summed E-state index contributed by atoms with van der Waals surface area (Å²) in [6, 6.07) is 0. The summed E-state index contributed by atoms with van der Waals surface area (Å²) in [5, 5.41) is 0. The fraction of sp³-hybridized carbons (Fsp3) is 0.583. The van der Waals surface area contributed by atoms with Gasteiger partial charge in [-0.15, -0.1) is 0 Å². The van der Waals surface area contributed by atoms with Crippen LogP contribution in [0.5, 0.6) is 0 Å². The Balaban J connectivity index is 0.000000258. The van der Waals surface area contributed by atoms with Crippen molar-refractivity contribution in [2.75, 3.05) is 0 Å². The van der Waals surface area contributed by atoms with Crippen molar-refractivity contribution in [3.05, 3.63) is 62.7 Å². The Morgan fingerprint density at radius 1 is 0.667 bits per heavy atom. The molecule has 0 unspecified atom stereocenters. The minimum atomic E-state index is -0.106. The molecular weight excluding hydrogens is 583 g/mol. The summed E-state index contributed by atoms with van der Waals surface area (Å²) in [4.78, 5) is 0. The van der Waals surface area contributed by atoms with Crippen LogP contribution in [0.3, 0.4) is 0 Å². The quantitative estimate of drug-likeness (QED) is 0.206. The Hall–Kier alpha value is 2.62. The van der Waals surface area contributed by atoms with Crippen LogP contribution in [0, 0.1) is 62.7 Å². The first kappa shape index (κ1) is 30.7. The molecule has 4 aliphatic rings. The third-order valence-corrected chi connectivity index (χ3v) is 13.7. The number of hydrogen-bond acceptors (Lipinski definition) is 0. The van der Waals surface area contributed by atoms with Gasteiger partial charge in [-0.1, -0.05) is 43.5 Å². The molecule has 4 rings (SSSR count). The second-order valence-electron chi connectivity index (χ2n) is 7.87. The molecular formula is C24H36Cl2FeP2Pd+2. The zero-order valence-electron chi connectivity index (χ0n) is 18.5. The molecule has 4 atom stereocenters. The molecule has 0 aromatic heterocycles. The molecule has 2 saturated carbocycles. The first-order chi connectivity index (χ1) is 14.1. The van der Waals surface area contributed by atoms with Crippen LogP contribution in [0.4, 0.5) is 0 Å². The minimum absolute atomic E-state index is 0. The predicted molar refractivity (Wildman–Crippen MR) is 132 cm³/mol. The topological polar surface area (TPSA) is 0 Å². The zero-order valence-corrected chi connectivity index (χ0v) is 24.5. The monoisotopic (exact) mass is 618 g/mol.